The molecule has 0 spiro atoms. The van der Waals surface area contributed by atoms with Crippen molar-refractivity contribution in [2.75, 3.05) is 14.2 Å². The van der Waals surface area contributed by atoms with E-state index in [1.807, 2.05) is 30.3 Å². The fraction of sp³-hybridized carbons (Fsp3) is 0.143. The Hall–Kier alpha value is -2.03. The molecule has 2 nitrogen and oxygen atoms in total. The van der Waals surface area contributed by atoms with E-state index in [-0.39, 0.29) is 5.82 Å². The number of rotatable bonds is 2. The van der Waals surface area contributed by atoms with Crippen molar-refractivity contribution >= 4 is 0 Å². The monoisotopic (exact) mass is 234 g/mol. The summed E-state index contributed by atoms with van der Waals surface area (Å²) in [6.07, 6.45) is 0. The number of hydrogen-bond acceptors (Lipinski definition) is 2. The van der Waals surface area contributed by atoms with Gasteiger partial charge in [0, 0.05) is 0 Å². The molecule has 0 saturated carbocycles. The van der Waals surface area contributed by atoms with E-state index in [0.29, 0.717) is 5.75 Å². The molecular formula is C14H15FO2. The average molecular weight is 234 g/mol. The van der Waals surface area contributed by atoms with Crippen LogP contribution in [0.5, 0.6) is 11.5 Å². The molecule has 90 valence electrons. The molecule has 0 unspecified atom stereocenters. The van der Waals surface area contributed by atoms with E-state index in [9.17, 15) is 4.39 Å². The van der Waals surface area contributed by atoms with Crippen molar-refractivity contribution in [3.63, 3.8) is 0 Å². The summed E-state index contributed by atoms with van der Waals surface area (Å²) in [4.78, 5) is 0. The maximum atomic E-state index is 12.2. The summed E-state index contributed by atoms with van der Waals surface area (Å²) in [7, 11) is 3.21. The van der Waals surface area contributed by atoms with E-state index in [1.165, 1.54) is 12.1 Å². The lowest BCUT2D eigenvalue weighted by molar-refractivity contribution is 0.413. The summed E-state index contributed by atoms with van der Waals surface area (Å²) >= 11 is 0. The Balaban J connectivity index is 0.000000171. The molecule has 0 N–H and O–H groups in total. The van der Waals surface area contributed by atoms with Crippen LogP contribution in [0.4, 0.5) is 4.39 Å². The zero-order chi connectivity index (χ0) is 12.5. The van der Waals surface area contributed by atoms with Crippen LogP contribution in [0.25, 0.3) is 0 Å². The molecule has 3 heteroatoms. The van der Waals surface area contributed by atoms with Gasteiger partial charge in [-0.25, -0.2) is 4.39 Å². The third-order valence-electron chi connectivity index (χ3n) is 2.03. The molecule has 0 saturated heterocycles. The van der Waals surface area contributed by atoms with Crippen LogP contribution in [0.3, 0.4) is 0 Å². The van der Waals surface area contributed by atoms with Crippen LogP contribution in [0, 0.1) is 5.82 Å². The lowest BCUT2D eigenvalue weighted by Crippen LogP contribution is -1.80. The molecule has 0 aliphatic carbocycles. The molecule has 2 rings (SSSR count). The minimum atomic E-state index is -0.240. The Morgan fingerprint density at radius 1 is 0.706 bits per heavy atom. The summed E-state index contributed by atoms with van der Waals surface area (Å²) in [6, 6.07) is 15.6. The van der Waals surface area contributed by atoms with Crippen LogP contribution in [-0.2, 0) is 0 Å². The number of halogens is 1. The minimum Gasteiger partial charge on any atom is -0.497 e. The van der Waals surface area contributed by atoms with Gasteiger partial charge in [-0.3, -0.25) is 0 Å². The van der Waals surface area contributed by atoms with Crippen molar-refractivity contribution in [1.29, 1.82) is 0 Å². The normalized spacial score (nSPS) is 8.88. The zero-order valence-corrected chi connectivity index (χ0v) is 9.89. The van der Waals surface area contributed by atoms with Crippen molar-refractivity contribution in [1.82, 2.24) is 0 Å². The van der Waals surface area contributed by atoms with E-state index in [0.717, 1.165) is 5.75 Å². The summed E-state index contributed by atoms with van der Waals surface area (Å²) in [5.41, 5.74) is 0. The maximum Gasteiger partial charge on any atom is 0.123 e. The van der Waals surface area contributed by atoms with E-state index in [4.69, 9.17) is 9.47 Å². The highest BCUT2D eigenvalue weighted by Crippen LogP contribution is 2.09. The highest BCUT2D eigenvalue weighted by Gasteiger charge is 1.88. The number of para-hydroxylation sites is 1. The van der Waals surface area contributed by atoms with Crippen molar-refractivity contribution in [2.24, 2.45) is 0 Å². The Morgan fingerprint density at radius 3 is 1.59 bits per heavy atom. The zero-order valence-electron chi connectivity index (χ0n) is 9.89. The van der Waals surface area contributed by atoms with Crippen molar-refractivity contribution in [3.05, 3.63) is 60.4 Å². The molecule has 0 aliphatic heterocycles. The predicted octanol–water partition coefficient (Wildman–Crippen LogP) is 3.53. The molecule has 0 amide bonds. The van der Waals surface area contributed by atoms with Crippen LogP contribution in [0.1, 0.15) is 0 Å². The van der Waals surface area contributed by atoms with Crippen LogP contribution in [-0.4, -0.2) is 14.2 Å². The summed E-state index contributed by atoms with van der Waals surface area (Å²) in [5.74, 6) is 1.35. The molecule has 2 aromatic carbocycles. The molecule has 17 heavy (non-hydrogen) atoms. The summed E-state index contributed by atoms with van der Waals surface area (Å²) in [6.45, 7) is 0. The van der Waals surface area contributed by atoms with Crippen LogP contribution < -0.4 is 9.47 Å². The quantitative estimate of drug-likeness (QED) is 0.791. The molecule has 0 heterocycles. The highest BCUT2D eigenvalue weighted by molar-refractivity contribution is 5.21. The number of benzene rings is 2. The van der Waals surface area contributed by atoms with Gasteiger partial charge in [-0.15, -0.1) is 0 Å². The second kappa shape index (κ2) is 7.28. The Kier molecular flexibility index (Phi) is 5.58. The van der Waals surface area contributed by atoms with Crippen molar-refractivity contribution < 1.29 is 13.9 Å². The van der Waals surface area contributed by atoms with Crippen molar-refractivity contribution in [3.8, 4) is 11.5 Å². The van der Waals surface area contributed by atoms with E-state index >= 15 is 0 Å². The van der Waals surface area contributed by atoms with Gasteiger partial charge in [-0.05, 0) is 36.4 Å². The topological polar surface area (TPSA) is 18.5 Å². The lowest BCUT2D eigenvalue weighted by atomic mass is 10.3. The Morgan fingerprint density at radius 2 is 1.18 bits per heavy atom. The molecule has 0 radical (unpaired) electrons. The highest BCUT2D eigenvalue weighted by atomic mass is 19.1. The number of methoxy groups -OCH3 is 2. The van der Waals surface area contributed by atoms with Gasteiger partial charge in [0.15, 0.2) is 0 Å². The fourth-order valence-corrected chi connectivity index (χ4v) is 1.13. The van der Waals surface area contributed by atoms with Gasteiger partial charge in [-0.1, -0.05) is 18.2 Å². The minimum absolute atomic E-state index is 0.240. The first-order chi connectivity index (χ1) is 8.26. The fourth-order valence-electron chi connectivity index (χ4n) is 1.13. The smallest absolute Gasteiger partial charge is 0.123 e. The van der Waals surface area contributed by atoms with E-state index < -0.39 is 0 Å². The third kappa shape index (κ3) is 5.02. The van der Waals surface area contributed by atoms with Crippen molar-refractivity contribution in [2.45, 2.75) is 0 Å². The van der Waals surface area contributed by atoms with Gasteiger partial charge in [0.1, 0.15) is 17.3 Å². The first-order valence-corrected chi connectivity index (χ1v) is 5.15. The second-order valence-electron chi connectivity index (χ2n) is 3.18. The summed E-state index contributed by atoms with van der Waals surface area (Å²) in [5, 5.41) is 0. The van der Waals surface area contributed by atoms with Gasteiger partial charge in [0.25, 0.3) is 0 Å². The molecule has 0 aliphatic rings. The van der Waals surface area contributed by atoms with Gasteiger partial charge in [0.05, 0.1) is 14.2 Å². The van der Waals surface area contributed by atoms with E-state index in [1.54, 1.807) is 26.4 Å². The van der Waals surface area contributed by atoms with E-state index in [2.05, 4.69) is 0 Å². The number of ether oxygens (including phenoxy) is 2. The summed E-state index contributed by atoms with van der Waals surface area (Å²) < 4.78 is 21.9. The molecular weight excluding hydrogens is 219 g/mol. The first kappa shape index (κ1) is 13.0. The largest absolute Gasteiger partial charge is 0.497 e. The Labute approximate surface area is 101 Å². The SMILES string of the molecule is COc1ccc(F)cc1.COc1ccccc1. The van der Waals surface area contributed by atoms with Crippen LogP contribution in [0.2, 0.25) is 0 Å². The molecule has 0 atom stereocenters. The maximum absolute atomic E-state index is 12.2. The van der Waals surface area contributed by atoms with Gasteiger partial charge in [0.2, 0.25) is 0 Å². The predicted molar refractivity (Wildman–Crippen MR) is 65.9 cm³/mol. The average Bonchev–Trinajstić information content (AvgIpc) is 2.41. The lowest BCUT2D eigenvalue weighted by Gasteiger charge is -1.95. The third-order valence-corrected chi connectivity index (χ3v) is 2.03. The number of hydrogen-bond donors (Lipinski definition) is 0. The molecule has 0 bridgehead atoms. The first-order valence-electron chi connectivity index (χ1n) is 5.15. The van der Waals surface area contributed by atoms with Crippen LogP contribution in [0.15, 0.2) is 54.6 Å². The Bertz CT molecular complexity index is 412. The second-order valence-corrected chi connectivity index (χ2v) is 3.18. The standard InChI is InChI=1S/C7H7FO.C7H8O/c1-9-7-4-2-6(8)3-5-7;1-8-7-5-3-2-4-6-7/h2-5H,1H3;2-6H,1H3. The molecule has 0 fully saturated rings. The molecule has 2 aromatic rings. The van der Waals surface area contributed by atoms with Crippen LogP contribution >= 0.6 is 0 Å². The molecule has 0 aromatic heterocycles. The van der Waals surface area contributed by atoms with Gasteiger partial charge >= 0.3 is 0 Å². The van der Waals surface area contributed by atoms with Gasteiger partial charge < -0.3 is 9.47 Å². The van der Waals surface area contributed by atoms with Gasteiger partial charge in [-0.2, -0.15) is 0 Å².